The Bertz CT molecular complexity index is 1070. The van der Waals surface area contributed by atoms with Gasteiger partial charge in [-0.05, 0) is 41.8 Å². The van der Waals surface area contributed by atoms with Crippen LogP contribution in [-0.4, -0.2) is 39.9 Å². The first-order chi connectivity index (χ1) is 15.0. The molecule has 1 aliphatic heterocycles. The van der Waals surface area contributed by atoms with Gasteiger partial charge in [0.05, 0.1) is 7.11 Å². The molecule has 1 unspecified atom stereocenters. The molecule has 0 saturated carbocycles. The quantitative estimate of drug-likeness (QED) is 0.640. The van der Waals surface area contributed by atoms with Crippen molar-refractivity contribution < 1.29 is 14.3 Å². The Morgan fingerprint density at radius 3 is 2.68 bits per heavy atom. The van der Waals surface area contributed by atoms with Gasteiger partial charge in [-0.3, -0.25) is 9.59 Å². The minimum Gasteiger partial charge on any atom is -0.497 e. The highest BCUT2D eigenvalue weighted by atomic mass is 16.5. The number of hydrogen-bond donors (Lipinski definition) is 1. The van der Waals surface area contributed by atoms with Gasteiger partial charge >= 0.3 is 0 Å². The lowest BCUT2D eigenvalue weighted by Gasteiger charge is -2.20. The number of aromatic nitrogens is 2. The zero-order valence-corrected chi connectivity index (χ0v) is 17.7. The third-order valence-corrected chi connectivity index (χ3v) is 5.58. The Hall–Kier alpha value is -3.61. The average molecular weight is 418 g/mol. The molecule has 1 atom stereocenters. The molecule has 7 heteroatoms. The highest BCUT2D eigenvalue weighted by Crippen LogP contribution is 2.24. The van der Waals surface area contributed by atoms with Crippen LogP contribution in [-0.2, 0) is 18.4 Å². The molecular weight excluding hydrogens is 392 g/mol. The molecule has 2 heterocycles. The van der Waals surface area contributed by atoms with Crippen molar-refractivity contribution in [2.24, 2.45) is 7.05 Å². The van der Waals surface area contributed by atoms with E-state index in [0.717, 1.165) is 35.7 Å². The summed E-state index contributed by atoms with van der Waals surface area (Å²) in [5.41, 5.74) is 2.40. The molecule has 1 aliphatic rings. The normalized spacial score (nSPS) is 14.5. The van der Waals surface area contributed by atoms with Crippen LogP contribution in [0.4, 0.5) is 0 Å². The van der Waals surface area contributed by atoms with E-state index < -0.39 is 6.04 Å². The first kappa shape index (κ1) is 20.7. The van der Waals surface area contributed by atoms with Crippen molar-refractivity contribution in [1.82, 2.24) is 19.8 Å². The van der Waals surface area contributed by atoms with Crippen LogP contribution in [0.3, 0.4) is 0 Å². The van der Waals surface area contributed by atoms with Crippen LogP contribution in [0.25, 0.3) is 0 Å². The van der Waals surface area contributed by atoms with Gasteiger partial charge in [0, 0.05) is 44.5 Å². The van der Waals surface area contributed by atoms with Crippen molar-refractivity contribution in [1.29, 1.82) is 0 Å². The monoisotopic (exact) mass is 418 g/mol. The molecule has 0 spiro atoms. The Balaban J connectivity index is 1.56. The molecule has 31 heavy (non-hydrogen) atoms. The second kappa shape index (κ2) is 9.04. The van der Waals surface area contributed by atoms with Crippen LogP contribution in [0, 0.1) is 0 Å². The smallest absolute Gasteiger partial charge is 0.252 e. The number of imidazole rings is 1. The summed E-state index contributed by atoms with van der Waals surface area (Å²) in [7, 11) is 3.52. The number of hydrogen-bond acceptors (Lipinski definition) is 4. The van der Waals surface area contributed by atoms with Crippen molar-refractivity contribution in [2.45, 2.75) is 25.4 Å². The maximum absolute atomic E-state index is 13.2. The fourth-order valence-corrected chi connectivity index (χ4v) is 3.87. The molecule has 2 aromatic carbocycles. The number of carbonyl (C=O) groups is 2. The van der Waals surface area contributed by atoms with Gasteiger partial charge in [-0.2, -0.15) is 0 Å². The standard InChI is InChI=1S/C24H26N4O3/c1-27-14-12-25-23(27)22(18-8-10-20(31-2)11-9-18)26-24(30)19-6-3-5-17(15-19)16-28-13-4-7-21(28)29/h3,5-6,8-12,14-15,22H,4,7,13,16H2,1-2H3,(H,26,30). The lowest BCUT2D eigenvalue weighted by molar-refractivity contribution is -0.128. The number of benzene rings is 2. The fraction of sp³-hybridized carbons (Fsp3) is 0.292. The van der Waals surface area contributed by atoms with Crippen LogP contribution in [0.1, 0.15) is 46.2 Å². The number of nitrogens with one attached hydrogen (secondary N) is 1. The van der Waals surface area contributed by atoms with E-state index in [2.05, 4.69) is 10.3 Å². The summed E-state index contributed by atoms with van der Waals surface area (Å²) in [5, 5.41) is 3.12. The SMILES string of the molecule is COc1ccc(C(NC(=O)c2cccc(CN3CCCC3=O)c2)c2nccn2C)cc1. The summed E-state index contributed by atoms with van der Waals surface area (Å²) >= 11 is 0. The van der Waals surface area contributed by atoms with E-state index in [1.165, 1.54) is 0 Å². The average Bonchev–Trinajstić information content (AvgIpc) is 3.40. The second-order valence-electron chi connectivity index (χ2n) is 7.70. The predicted octanol–water partition coefficient (Wildman–Crippen LogP) is 3.07. The summed E-state index contributed by atoms with van der Waals surface area (Å²) < 4.78 is 7.15. The first-order valence-electron chi connectivity index (χ1n) is 10.3. The lowest BCUT2D eigenvalue weighted by Crippen LogP contribution is -2.31. The van der Waals surface area contributed by atoms with E-state index in [1.807, 2.05) is 65.2 Å². The van der Waals surface area contributed by atoms with Crippen LogP contribution in [0.15, 0.2) is 60.9 Å². The number of likely N-dealkylation sites (tertiary alicyclic amines) is 1. The summed E-state index contributed by atoms with van der Waals surface area (Å²) in [6, 6.07) is 14.6. The van der Waals surface area contributed by atoms with E-state index >= 15 is 0 Å². The number of aryl methyl sites for hydroxylation is 1. The van der Waals surface area contributed by atoms with Gasteiger partial charge < -0.3 is 19.5 Å². The Labute approximate surface area is 181 Å². The summed E-state index contributed by atoms with van der Waals surface area (Å²) in [5.74, 6) is 1.46. The van der Waals surface area contributed by atoms with Crippen LogP contribution >= 0.6 is 0 Å². The van der Waals surface area contributed by atoms with Crippen LogP contribution in [0.5, 0.6) is 5.75 Å². The molecule has 0 bridgehead atoms. The van der Waals surface area contributed by atoms with Gasteiger partial charge in [0.25, 0.3) is 5.91 Å². The molecule has 0 radical (unpaired) electrons. The molecule has 1 saturated heterocycles. The van der Waals surface area contributed by atoms with E-state index in [0.29, 0.717) is 18.5 Å². The molecule has 2 amide bonds. The lowest BCUT2D eigenvalue weighted by atomic mass is 10.0. The topological polar surface area (TPSA) is 76.5 Å². The summed E-state index contributed by atoms with van der Waals surface area (Å²) in [6.45, 7) is 1.30. The van der Waals surface area contributed by atoms with E-state index in [4.69, 9.17) is 4.74 Å². The zero-order chi connectivity index (χ0) is 21.8. The van der Waals surface area contributed by atoms with Gasteiger partial charge in [0.2, 0.25) is 5.91 Å². The highest BCUT2D eigenvalue weighted by Gasteiger charge is 2.23. The Morgan fingerprint density at radius 2 is 2.03 bits per heavy atom. The van der Waals surface area contributed by atoms with Crippen LogP contribution < -0.4 is 10.1 Å². The molecule has 4 rings (SSSR count). The third kappa shape index (κ3) is 4.60. The summed E-state index contributed by atoms with van der Waals surface area (Å²) in [6.07, 6.45) is 5.07. The van der Waals surface area contributed by atoms with E-state index in [1.54, 1.807) is 19.4 Å². The van der Waals surface area contributed by atoms with Gasteiger partial charge in [0.1, 0.15) is 17.6 Å². The highest BCUT2D eigenvalue weighted by molar-refractivity contribution is 5.94. The maximum Gasteiger partial charge on any atom is 0.252 e. The minimum atomic E-state index is -0.415. The Morgan fingerprint density at radius 1 is 1.23 bits per heavy atom. The third-order valence-electron chi connectivity index (χ3n) is 5.58. The number of carbonyl (C=O) groups excluding carboxylic acids is 2. The number of rotatable bonds is 7. The van der Waals surface area contributed by atoms with E-state index in [-0.39, 0.29) is 11.8 Å². The maximum atomic E-state index is 13.2. The zero-order valence-electron chi connectivity index (χ0n) is 17.7. The number of methoxy groups -OCH3 is 1. The van der Waals surface area contributed by atoms with Crippen LogP contribution in [0.2, 0.25) is 0 Å². The summed E-state index contributed by atoms with van der Waals surface area (Å²) in [4.78, 5) is 31.4. The van der Waals surface area contributed by atoms with Crippen molar-refractivity contribution >= 4 is 11.8 Å². The van der Waals surface area contributed by atoms with Gasteiger partial charge in [-0.25, -0.2) is 4.98 Å². The molecule has 1 N–H and O–H groups in total. The molecule has 7 nitrogen and oxygen atoms in total. The van der Waals surface area contributed by atoms with Crippen molar-refractivity contribution in [3.05, 3.63) is 83.4 Å². The first-order valence-corrected chi connectivity index (χ1v) is 10.3. The molecule has 1 fully saturated rings. The number of ether oxygens (including phenoxy) is 1. The predicted molar refractivity (Wildman–Crippen MR) is 117 cm³/mol. The molecule has 3 aromatic rings. The molecular formula is C24H26N4O3. The minimum absolute atomic E-state index is 0.171. The second-order valence-corrected chi connectivity index (χ2v) is 7.70. The molecule has 160 valence electrons. The fourth-order valence-electron chi connectivity index (χ4n) is 3.87. The van der Waals surface area contributed by atoms with Crippen molar-refractivity contribution in [3.63, 3.8) is 0 Å². The van der Waals surface area contributed by atoms with Gasteiger partial charge in [-0.15, -0.1) is 0 Å². The molecule has 1 aromatic heterocycles. The van der Waals surface area contributed by atoms with E-state index in [9.17, 15) is 9.59 Å². The Kier molecular flexibility index (Phi) is 6.02. The van der Waals surface area contributed by atoms with Crippen molar-refractivity contribution in [3.8, 4) is 5.75 Å². The number of nitrogens with zero attached hydrogens (tertiary/aromatic N) is 3. The van der Waals surface area contributed by atoms with Gasteiger partial charge in [-0.1, -0.05) is 24.3 Å². The molecule has 0 aliphatic carbocycles. The number of amides is 2. The van der Waals surface area contributed by atoms with Crippen molar-refractivity contribution in [2.75, 3.05) is 13.7 Å². The largest absolute Gasteiger partial charge is 0.497 e. The van der Waals surface area contributed by atoms with Gasteiger partial charge in [0.15, 0.2) is 0 Å².